The van der Waals surface area contributed by atoms with E-state index in [2.05, 4.69) is 20.5 Å². The van der Waals surface area contributed by atoms with Gasteiger partial charge in [-0.25, -0.2) is 4.98 Å². The number of carbonyl (C=O) groups is 1. The predicted octanol–water partition coefficient (Wildman–Crippen LogP) is 1.71. The SMILES string of the molecule is CN(C)CCNc1ccc(C(=O)NCc2ccc3c(c2)OCO3)nc1. The van der Waals surface area contributed by atoms with E-state index in [1.165, 1.54) is 0 Å². The molecule has 2 heterocycles. The molecule has 0 saturated carbocycles. The molecule has 0 atom stereocenters. The Morgan fingerprint density at radius 3 is 2.80 bits per heavy atom. The Kier molecular flexibility index (Phi) is 5.35. The molecular formula is C18H22N4O3. The molecule has 1 aliphatic rings. The van der Waals surface area contributed by atoms with Crippen molar-refractivity contribution in [2.24, 2.45) is 0 Å². The highest BCUT2D eigenvalue weighted by molar-refractivity contribution is 5.92. The molecule has 0 spiro atoms. The second-order valence-electron chi connectivity index (χ2n) is 6.03. The van der Waals surface area contributed by atoms with Crippen molar-refractivity contribution in [2.45, 2.75) is 6.54 Å². The molecule has 0 aliphatic carbocycles. The number of rotatable bonds is 7. The van der Waals surface area contributed by atoms with Gasteiger partial charge in [-0.15, -0.1) is 0 Å². The molecule has 1 aliphatic heterocycles. The van der Waals surface area contributed by atoms with Crippen LogP contribution in [0.2, 0.25) is 0 Å². The Bertz CT molecular complexity index is 732. The molecule has 2 N–H and O–H groups in total. The van der Waals surface area contributed by atoms with Crippen LogP contribution in [0, 0.1) is 0 Å². The van der Waals surface area contributed by atoms with Crippen molar-refractivity contribution in [1.82, 2.24) is 15.2 Å². The maximum atomic E-state index is 12.2. The number of hydrogen-bond acceptors (Lipinski definition) is 6. The number of likely N-dealkylation sites (N-methyl/N-ethyl adjacent to an activating group) is 1. The van der Waals surface area contributed by atoms with E-state index in [-0.39, 0.29) is 12.7 Å². The Labute approximate surface area is 147 Å². The minimum atomic E-state index is -0.211. The first-order valence-electron chi connectivity index (χ1n) is 8.13. The van der Waals surface area contributed by atoms with Gasteiger partial charge in [0.15, 0.2) is 11.5 Å². The molecule has 1 aromatic carbocycles. The third kappa shape index (κ3) is 4.60. The number of pyridine rings is 1. The quantitative estimate of drug-likeness (QED) is 0.798. The molecule has 7 heteroatoms. The molecule has 1 amide bonds. The number of nitrogens with zero attached hydrogens (tertiary/aromatic N) is 2. The minimum absolute atomic E-state index is 0.211. The molecular weight excluding hydrogens is 320 g/mol. The lowest BCUT2D eigenvalue weighted by atomic mass is 10.2. The first-order chi connectivity index (χ1) is 12.1. The summed E-state index contributed by atoms with van der Waals surface area (Å²) in [6, 6.07) is 9.19. The Balaban J connectivity index is 1.51. The lowest BCUT2D eigenvalue weighted by Gasteiger charge is -2.11. The summed E-state index contributed by atoms with van der Waals surface area (Å²) in [7, 11) is 4.04. The van der Waals surface area contributed by atoms with Gasteiger partial charge in [-0.1, -0.05) is 6.07 Å². The van der Waals surface area contributed by atoms with E-state index in [9.17, 15) is 4.79 Å². The smallest absolute Gasteiger partial charge is 0.270 e. The van der Waals surface area contributed by atoms with Crippen LogP contribution >= 0.6 is 0 Å². The molecule has 7 nitrogen and oxygen atoms in total. The molecule has 132 valence electrons. The summed E-state index contributed by atoms with van der Waals surface area (Å²) >= 11 is 0. The number of ether oxygens (including phenoxy) is 2. The van der Waals surface area contributed by atoms with Gasteiger partial charge in [-0.05, 0) is 43.9 Å². The van der Waals surface area contributed by atoms with Gasteiger partial charge in [0.1, 0.15) is 5.69 Å². The maximum absolute atomic E-state index is 12.2. The van der Waals surface area contributed by atoms with Crippen molar-refractivity contribution in [2.75, 3.05) is 39.3 Å². The number of nitrogens with one attached hydrogen (secondary N) is 2. The standard InChI is InChI=1S/C18H22N4O3/c1-22(2)8-7-19-14-4-5-15(20-11-14)18(23)21-10-13-3-6-16-17(9-13)25-12-24-16/h3-6,9,11,19H,7-8,10,12H2,1-2H3,(H,21,23). The third-order valence-electron chi connectivity index (χ3n) is 3.77. The van der Waals surface area contributed by atoms with Gasteiger partial charge in [-0.2, -0.15) is 0 Å². The molecule has 0 bridgehead atoms. The molecule has 0 fully saturated rings. The number of aromatic nitrogens is 1. The van der Waals surface area contributed by atoms with Crippen LogP contribution in [0.15, 0.2) is 36.5 Å². The highest BCUT2D eigenvalue weighted by atomic mass is 16.7. The van der Waals surface area contributed by atoms with Gasteiger partial charge in [0.2, 0.25) is 6.79 Å². The van der Waals surface area contributed by atoms with Gasteiger partial charge in [-0.3, -0.25) is 4.79 Å². The highest BCUT2D eigenvalue weighted by Gasteiger charge is 2.14. The molecule has 2 aromatic rings. The topological polar surface area (TPSA) is 75.7 Å². The van der Waals surface area contributed by atoms with Crippen molar-refractivity contribution < 1.29 is 14.3 Å². The summed E-state index contributed by atoms with van der Waals surface area (Å²) in [5, 5.41) is 6.12. The lowest BCUT2D eigenvalue weighted by molar-refractivity contribution is 0.0946. The van der Waals surface area contributed by atoms with Gasteiger partial charge in [0.25, 0.3) is 5.91 Å². The van der Waals surface area contributed by atoms with Crippen LogP contribution < -0.4 is 20.1 Å². The van der Waals surface area contributed by atoms with Crippen molar-refractivity contribution in [3.05, 3.63) is 47.8 Å². The molecule has 3 rings (SSSR count). The van der Waals surface area contributed by atoms with Crippen molar-refractivity contribution in [3.63, 3.8) is 0 Å². The zero-order valence-electron chi connectivity index (χ0n) is 14.4. The number of fused-ring (bicyclic) bond motifs is 1. The van der Waals surface area contributed by atoms with Crippen LogP contribution in [-0.4, -0.2) is 49.8 Å². The average Bonchev–Trinajstić information content (AvgIpc) is 3.07. The van der Waals surface area contributed by atoms with Gasteiger partial charge >= 0.3 is 0 Å². The van der Waals surface area contributed by atoms with E-state index < -0.39 is 0 Å². The Morgan fingerprint density at radius 2 is 2.04 bits per heavy atom. The van der Waals surface area contributed by atoms with E-state index >= 15 is 0 Å². The second kappa shape index (κ2) is 7.85. The maximum Gasteiger partial charge on any atom is 0.270 e. The molecule has 0 unspecified atom stereocenters. The fourth-order valence-electron chi connectivity index (χ4n) is 2.38. The summed E-state index contributed by atoms with van der Waals surface area (Å²) in [6.45, 7) is 2.39. The molecule has 0 radical (unpaired) electrons. The van der Waals surface area contributed by atoms with E-state index in [1.54, 1.807) is 12.3 Å². The second-order valence-corrected chi connectivity index (χ2v) is 6.03. The first-order valence-corrected chi connectivity index (χ1v) is 8.13. The first kappa shape index (κ1) is 17.0. The van der Waals surface area contributed by atoms with Crippen LogP contribution in [0.25, 0.3) is 0 Å². The number of carbonyl (C=O) groups excluding carboxylic acids is 1. The summed E-state index contributed by atoms with van der Waals surface area (Å²) in [5.41, 5.74) is 2.23. The van der Waals surface area contributed by atoms with E-state index in [0.29, 0.717) is 18.0 Å². The molecule has 0 saturated heterocycles. The van der Waals surface area contributed by atoms with Gasteiger partial charge < -0.3 is 25.0 Å². The van der Waals surface area contributed by atoms with Crippen molar-refractivity contribution in [3.8, 4) is 11.5 Å². The monoisotopic (exact) mass is 342 g/mol. The Morgan fingerprint density at radius 1 is 1.20 bits per heavy atom. The zero-order chi connectivity index (χ0) is 17.6. The summed E-state index contributed by atoms with van der Waals surface area (Å²) < 4.78 is 10.6. The van der Waals surface area contributed by atoms with E-state index in [0.717, 1.165) is 30.1 Å². The minimum Gasteiger partial charge on any atom is -0.454 e. The fraction of sp³-hybridized carbons (Fsp3) is 0.333. The number of amides is 1. The number of anilines is 1. The van der Waals surface area contributed by atoms with Crippen LogP contribution in [0.3, 0.4) is 0 Å². The van der Waals surface area contributed by atoms with Crippen LogP contribution in [0.5, 0.6) is 11.5 Å². The highest BCUT2D eigenvalue weighted by Crippen LogP contribution is 2.32. The summed E-state index contributed by atoms with van der Waals surface area (Å²) in [6.07, 6.45) is 1.67. The fourth-order valence-corrected chi connectivity index (χ4v) is 2.38. The van der Waals surface area contributed by atoms with Gasteiger partial charge in [0, 0.05) is 19.6 Å². The average molecular weight is 342 g/mol. The normalized spacial score (nSPS) is 12.3. The van der Waals surface area contributed by atoms with Crippen LogP contribution in [0.4, 0.5) is 5.69 Å². The zero-order valence-corrected chi connectivity index (χ0v) is 14.4. The Hall–Kier alpha value is -2.80. The summed E-state index contributed by atoms with van der Waals surface area (Å²) in [4.78, 5) is 18.5. The summed E-state index contributed by atoms with van der Waals surface area (Å²) in [5.74, 6) is 1.23. The van der Waals surface area contributed by atoms with Crippen LogP contribution in [0.1, 0.15) is 16.1 Å². The number of hydrogen-bond donors (Lipinski definition) is 2. The largest absolute Gasteiger partial charge is 0.454 e. The van der Waals surface area contributed by atoms with E-state index in [4.69, 9.17) is 9.47 Å². The van der Waals surface area contributed by atoms with Gasteiger partial charge in [0.05, 0.1) is 11.9 Å². The van der Waals surface area contributed by atoms with Crippen molar-refractivity contribution in [1.29, 1.82) is 0 Å². The lowest BCUT2D eigenvalue weighted by Crippen LogP contribution is -2.24. The third-order valence-corrected chi connectivity index (χ3v) is 3.77. The molecule has 1 aromatic heterocycles. The number of benzene rings is 1. The van der Waals surface area contributed by atoms with Crippen molar-refractivity contribution >= 4 is 11.6 Å². The van der Waals surface area contributed by atoms with Crippen LogP contribution in [-0.2, 0) is 6.54 Å². The molecule has 25 heavy (non-hydrogen) atoms. The predicted molar refractivity (Wildman–Crippen MR) is 95.0 cm³/mol. The van der Waals surface area contributed by atoms with E-state index in [1.807, 2.05) is 38.4 Å².